The lowest BCUT2D eigenvalue weighted by Gasteiger charge is -2.30. The quantitative estimate of drug-likeness (QED) is 0.840. The van der Waals surface area contributed by atoms with Gasteiger partial charge >= 0.3 is 0 Å². The highest BCUT2D eigenvalue weighted by molar-refractivity contribution is 5.93. The number of rotatable bonds is 5. The smallest absolute Gasteiger partial charge is 0.272 e. The Labute approximate surface area is 121 Å². The summed E-state index contributed by atoms with van der Waals surface area (Å²) < 4.78 is 0. The van der Waals surface area contributed by atoms with Crippen molar-refractivity contribution in [3.63, 3.8) is 0 Å². The number of hydrogen-bond donors (Lipinski definition) is 1. The lowest BCUT2D eigenvalue weighted by molar-refractivity contribution is 0.0677. The summed E-state index contributed by atoms with van der Waals surface area (Å²) in [7, 11) is 0. The summed E-state index contributed by atoms with van der Waals surface area (Å²) >= 11 is 0. The van der Waals surface area contributed by atoms with E-state index in [2.05, 4.69) is 24.1 Å². The van der Waals surface area contributed by atoms with Gasteiger partial charge in [-0.25, -0.2) is 0 Å². The zero-order valence-electron chi connectivity index (χ0n) is 12.6. The minimum Gasteiger partial charge on any atom is -0.385 e. The van der Waals surface area contributed by atoms with E-state index in [0.29, 0.717) is 11.6 Å². The number of likely N-dealkylation sites (tertiary alicyclic amines) is 1. The number of carbonyl (C=O) groups is 1. The lowest BCUT2D eigenvalue weighted by atomic mass is 10.00. The molecule has 4 heteroatoms. The van der Waals surface area contributed by atoms with Crippen LogP contribution in [0.2, 0.25) is 0 Å². The molecule has 1 aliphatic heterocycles. The normalized spacial score (nSPS) is 18.9. The predicted molar refractivity (Wildman–Crippen MR) is 81.9 cm³/mol. The molecule has 1 atom stereocenters. The molecule has 2 rings (SSSR count). The van der Waals surface area contributed by atoms with Gasteiger partial charge < -0.3 is 10.2 Å². The summed E-state index contributed by atoms with van der Waals surface area (Å²) in [5.41, 5.74) is 1.54. The Morgan fingerprint density at radius 3 is 3.15 bits per heavy atom. The summed E-state index contributed by atoms with van der Waals surface area (Å²) in [5, 5.41) is 3.34. The monoisotopic (exact) mass is 275 g/mol. The minimum absolute atomic E-state index is 0.0655. The van der Waals surface area contributed by atoms with Crippen LogP contribution in [0.1, 0.15) is 50.0 Å². The molecule has 1 unspecified atom stereocenters. The molecule has 0 bridgehead atoms. The Hall–Kier alpha value is -1.58. The van der Waals surface area contributed by atoms with Crippen LogP contribution in [0.5, 0.6) is 0 Å². The summed E-state index contributed by atoms with van der Waals surface area (Å²) in [6, 6.07) is 3.79. The largest absolute Gasteiger partial charge is 0.385 e. The first-order valence-electron chi connectivity index (χ1n) is 7.70. The van der Waals surface area contributed by atoms with Crippen LogP contribution < -0.4 is 5.32 Å². The van der Waals surface area contributed by atoms with Crippen molar-refractivity contribution in [1.82, 2.24) is 9.88 Å². The Bertz CT molecular complexity index is 447. The van der Waals surface area contributed by atoms with Crippen LogP contribution in [-0.2, 0) is 0 Å². The second kappa shape index (κ2) is 7.27. The molecule has 4 nitrogen and oxygen atoms in total. The van der Waals surface area contributed by atoms with E-state index in [1.54, 1.807) is 6.20 Å². The standard InChI is InChI=1S/C16H25N3O/c1-3-4-8-17-14-7-9-18-15(11-14)16(20)19-10-5-6-13(2)12-19/h7,9,11,13H,3-6,8,10,12H2,1-2H3,(H,17,18). The number of piperidine rings is 1. The molecule has 0 saturated carbocycles. The molecule has 0 spiro atoms. The van der Waals surface area contributed by atoms with Gasteiger partial charge in [-0.15, -0.1) is 0 Å². The first-order chi connectivity index (χ1) is 9.70. The zero-order valence-corrected chi connectivity index (χ0v) is 12.6. The van der Waals surface area contributed by atoms with Crippen LogP contribution >= 0.6 is 0 Å². The molecular formula is C16H25N3O. The van der Waals surface area contributed by atoms with Crippen molar-refractivity contribution in [2.75, 3.05) is 25.0 Å². The van der Waals surface area contributed by atoms with Gasteiger partial charge in [0.2, 0.25) is 0 Å². The maximum atomic E-state index is 12.5. The maximum absolute atomic E-state index is 12.5. The molecular weight excluding hydrogens is 250 g/mol. The highest BCUT2D eigenvalue weighted by Crippen LogP contribution is 2.18. The second-order valence-electron chi connectivity index (χ2n) is 5.71. The summed E-state index contributed by atoms with van der Waals surface area (Å²) in [4.78, 5) is 18.6. The number of aromatic nitrogens is 1. The van der Waals surface area contributed by atoms with Crippen LogP contribution in [0.15, 0.2) is 18.3 Å². The van der Waals surface area contributed by atoms with Gasteiger partial charge in [0, 0.05) is 31.5 Å². The third-order valence-corrected chi connectivity index (χ3v) is 3.78. The number of anilines is 1. The van der Waals surface area contributed by atoms with Gasteiger partial charge in [-0.3, -0.25) is 9.78 Å². The van der Waals surface area contributed by atoms with Gasteiger partial charge in [-0.05, 0) is 37.3 Å². The van der Waals surface area contributed by atoms with E-state index in [4.69, 9.17) is 0 Å². The van der Waals surface area contributed by atoms with E-state index in [1.165, 1.54) is 6.42 Å². The van der Waals surface area contributed by atoms with Crippen molar-refractivity contribution in [2.24, 2.45) is 5.92 Å². The van der Waals surface area contributed by atoms with Crippen molar-refractivity contribution < 1.29 is 4.79 Å². The molecule has 20 heavy (non-hydrogen) atoms. The lowest BCUT2D eigenvalue weighted by Crippen LogP contribution is -2.39. The SMILES string of the molecule is CCCCNc1ccnc(C(=O)N2CCCC(C)C2)c1. The number of nitrogens with zero attached hydrogens (tertiary/aromatic N) is 2. The average Bonchev–Trinajstić information content (AvgIpc) is 2.47. The van der Waals surface area contributed by atoms with E-state index in [-0.39, 0.29) is 5.91 Å². The molecule has 2 heterocycles. The van der Waals surface area contributed by atoms with Crippen molar-refractivity contribution in [3.8, 4) is 0 Å². The van der Waals surface area contributed by atoms with Crippen molar-refractivity contribution in [1.29, 1.82) is 0 Å². The van der Waals surface area contributed by atoms with E-state index in [1.807, 2.05) is 17.0 Å². The number of nitrogens with one attached hydrogen (secondary N) is 1. The number of unbranched alkanes of at least 4 members (excludes halogenated alkanes) is 1. The Kier molecular flexibility index (Phi) is 5.39. The van der Waals surface area contributed by atoms with Gasteiger partial charge in [0.15, 0.2) is 0 Å². The van der Waals surface area contributed by atoms with E-state index in [9.17, 15) is 4.79 Å². The molecule has 1 aromatic heterocycles. The number of pyridine rings is 1. The van der Waals surface area contributed by atoms with Crippen LogP contribution in [0.3, 0.4) is 0 Å². The van der Waals surface area contributed by atoms with Crippen LogP contribution in [0, 0.1) is 5.92 Å². The molecule has 1 aromatic rings. The van der Waals surface area contributed by atoms with Crippen molar-refractivity contribution in [3.05, 3.63) is 24.0 Å². The highest BCUT2D eigenvalue weighted by atomic mass is 16.2. The fourth-order valence-electron chi connectivity index (χ4n) is 2.60. The highest BCUT2D eigenvalue weighted by Gasteiger charge is 2.22. The summed E-state index contributed by atoms with van der Waals surface area (Å²) in [5.74, 6) is 0.661. The van der Waals surface area contributed by atoms with Gasteiger partial charge in [0.25, 0.3) is 5.91 Å². The first-order valence-corrected chi connectivity index (χ1v) is 7.70. The Morgan fingerprint density at radius 1 is 1.55 bits per heavy atom. The number of hydrogen-bond acceptors (Lipinski definition) is 3. The molecule has 1 saturated heterocycles. The molecule has 1 fully saturated rings. The average molecular weight is 275 g/mol. The van der Waals surface area contributed by atoms with Crippen molar-refractivity contribution >= 4 is 11.6 Å². The van der Waals surface area contributed by atoms with Gasteiger partial charge in [0.05, 0.1) is 0 Å². The van der Waals surface area contributed by atoms with E-state index < -0.39 is 0 Å². The second-order valence-corrected chi connectivity index (χ2v) is 5.71. The van der Waals surface area contributed by atoms with E-state index in [0.717, 1.165) is 44.6 Å². The third-order valence-electron chi connectivity index (χ3n) is 3.78. The predicted octanol–water partition coefficient (Wildman–Crippen LogP) is 3.17. The first kappa shape index (κ1) is 14.8. The molecule has 1 N–H and O–H groups in total. The summed E-state index contributed by atoms with van der Waals surface area (Å²) in [6.07, 6.45) is 6.33. The molecule has 0 aromatic carbocycles. The molecule has 1 aliphatic rings. The fraction of sp³-hybridized carbons (Fsp3) is 0.625. The van der Waals surface area contributed by atoms with E-state index >= 15 is 0 Å². The molecule has 110 valence electrons. The molecule has 0 aliphatic carbocycles. The zero-order chi connectivity index (χ0) is 14.4. The van der Waals surface area contributed by atoms with Crippen LogP contribution in [-0.4, -0.2) is 35.4 Å². The molecule has 1 amide bonds. The molecule has 0 radical (unpaired) electrons. The maximum Gasteiger partial charge on any atom is 0.272 e. The topological polar surface area (TPSA) is 45.2 Å². The Balaban J connectivity index is 2.00. The minimum atomic E-state index is 0.0655. The third kappa shape index (κ3) is 3.95. The Morgan fingerprint density at radius 2 is 2.40 bits per heavy atom. The fourth-order valence-corrected chi connectivity index (χ4v) is 2.60. The van der Waals surface area contributed by atoms with Gasteiger partial charge in [0.1, 0.15) is 5.69 Å². The van der Waals surface area contributed by atoms with Crippen molar-refractivity contribution in [2.45, 2.75) is 39.5 Å². The van der Waals surface area contributed by atoms with Crippen LogP contribution in [0.4, 0.5) is 5.69 Å². The number of amides is 1. The number of carbonyl (C=O) groups excluding carboxylic acids is 1. The van der Waals surface area contributed by atoms with Gasteiger partial charge in [-0.1, -0.05) is 20.3 Å². The van der Waals surface area contributed by atoms with Crippen LogP contribution in [0.25, 0.3) is 0 Å². The van der Waals surface area contributed by atoms with Gasteiger partial charge in [-0.2, -0.15) is 0 Å². The summed E-state index contributed by atoms with van der Waals surface area (Å²) in [6.45, 7) is 7.03.